The summed E-state index contributed by atoms with van der Waals surface area (Å²) in [4.78, 5) is 33.4. The number of nitrogens with one attached hydrogen (secondary N) is 1. The fraction of sp³-hybridized carbons (Fsp3) is 0.308. The number of amides is 1. The van der Waals surface area contributed by atoms with E-state index in [1.165, 1.54) is 6.92 Å². The number of aliphatic carboxylic acids is 1. The lowest BCUT2D eigenvalue weighted by Crippen LogP contribution is -2.53. The highest BCUT2D eigenvalue weighted by Gasteiger charge is 2.23. The van der Waals surface area contributed by atoms with Gasteiger partial charge >= 0.3 is 12.1 Å². The Balaban J connectivity index is 2.50. The van der Waals surface area contributed by atoms with E-state index in [4.69, 9.17) is 4.74 Å². The smallest absolute Gasteiger partial charge is 0.408 e. The van der Waals surface area contributed by atoms with Crippen LogP contribution in [0.1, 0.15) is 12.5 Å². The number of carbonyl (C=O) groups is 3. The van der Waals surface area contributed by atoms with Crippen molar-refractivity contribution in [2.45, 2.75) is 19.6 Å². The lowest BCUT2D eigenvalue weighted by molar-refractivity contribution is -0.307. The number of alkyl carbamates (subject to hydrolysis) is 1. The molecule has 1 unspecified atom stereocenters. The molecule has 0 fully saturated rings. The van der Waals surface area contributed by atoms with Crippen LogP contribution >= 0.6 is 0 Å². The van der Waals surface area contributed by atoms with E-state index in [-0.39, 0.29) is 13.2 Å². The van der Waals surface area contributed by atoms with Crippen LogP contribution < -0.4 is 10.4 Å². The summed E-state index contributed by atoms with van der Waals surface area (Å²) in [5.74, 6) is -2.87. The first-order chi connectivity index (χ1) is 9.54. The number of rotatable bonds is 6. The van der Waals surface area contributed by atoms with Crippen molar-refractivity contribution in [1.82, 2.24) is 5.32 Å². The van der Waals surface area contributed by atoms with Crippen LogP contribution in [0.5, 0.6) is 0 Å². The van der Waals surface area contributed by atoms with Gasteiger partial charge in [0.15, 0.2) is 6.04 Å². The number of carboxylic acid groups (broad SMARTS) is 1. The van der Waals surface area contributed by atoms with Crippen molar-refractivity contribution in [3.63, 3.8) is 0 Å². The summed E-state index contributed by atoms with van der Waals surface area (Å²) in [5.41, 5.74) is 0.726. The Hall–Kier alpha value is -2.57. The van der Waals surface area contributed by atoms with Gasteiger partial charge in [-0.25, -0.2) is 9.59 Å². The van der Waals surface area contributed by atoms with Gasteiger partial charge in [-0.15, -0.1) is 0 Å². The topological polar surface area (TPSA) is 105 Å². The standard InChI is InChI=1S/C13H15NO6/c1-2-19-12(17)10(11(15)16)14-13(18)20-8-9-6-4-3-5-7-9/h3-7,10H,2,8H2,1H3,(H,14,18)(H,15,16)/p-1. The fourth-order valence-electron chi connectivity index (χ4n) is 1.32. The summed E-state index contributed by atoms with van der Waals surface area (Å²) in [6.45, 7) is 1.45. The third-order valence-corrected chi connectivity index (χ3v) is 2.23. The van der Waals surface area contributed by atoms with Crippen LogP contribution in [-0.4, -0.2) is 30.7 Å². The first-order valence-electron chi connectivity index (χ1n) is 5.89. The van der Waals surface area contributed by atoms with Crippen molar-refractivity contribution in [3.8, 4) is 0 Å². The van der Waals surface area contributed by atoms with Gasteiger partial charge in [0.25, 0.3) is 0 Å². The predicted octanol–water partition coefficient (Wildman–Crippen LogP) is -0.406. The summed E-state index contributed by atoms with van der Waals surface area (Å²) in [6, 6.07) is 6.90. The number of carboxylic acids is 1. The molecular weight excluding hydrogens is 266 g/mol. The first kappa shape index (κ1) is 15.5. The van der Waals surface area contributed by atoms with Gasteiger partial charge in [0, 0.05) is 0 Å². The monoisotopic (exact) mass is 280 g/mol. The minimum Gasteiger partial charge on any atom is -0.547 e. The summed E-state index contributed by atoms with van der Waals surface area (Å²) in [7, 11) is 0. The second kappa shape index (κ2) is 7.78. The third-order valence-electron chi connectivity index (χ3n) is 2.23. The number of hydrogen-bond donors (Lipinski definition) is 1. The number of carbonyl (C=O) groups excluding carboxylic acids is 3. The van der Waals surface area contributed by atoms with Crippen LogP contribution in [-0.2, 0) is 25.7 Å². The molecule has 0 bridgehead atoms. The fourth-order valence-corrected chi connectivity index (χ4v) is 1.32. The van der Waals surface area contributed by atoms with Crippen LogP contribution in [0.25, 0.3) is 0 Å². The Morgan fingerprint density at radius 3 is 2.40 bits per heavy atom. The number of ether oxygens (including phenoxy) is 2. The number of hydrogen-bond acceptors (Lipinski definition) is 6. The van der Waals surface area contributed by atoms with Gasteiger partial charge in [-0.1, -0.05) is 30.3 Å². The lowest BCUT2D eigenvalue weighted by Gasteiger charge is -2.17. The van der Waals surface area contributed by atoms with Crippen LogP contribution in [0, 0.1) is 0 Å². The second-order valence-electron chi connectivity index (χ2n) is 3.71. The molecule has 0 saturated carbocycles. The molecule has 0 aromatic heterocycles. The third kappa shape index (κ3) is 4.97. The highest BCUT2D eigenvalue weighted by Crippen LogP contribution is 2.01. The average Bonchev–Trinajstić information content (AvgIpc) is 2.43. The molecule has 7 heteroatoms. The van der Waals surface area contributed by atoms with Gasteiger partial charge in [0.05, 0.1) is 12.6 Å². The van der Waals surface area contributed by atoms with Gasteiger partial charge in [-0.2, -0.15) is 0 Å². The molecule has 0 heterocycles. The normalized spacial score (nSPS) is 11.2. The van der Waals surface area contributed by atoms with E-state index in [0.717, 1.165) is 5.56 Å². The van der Waals surface area contributed by atoms with E-state index in [1.54, 1.807) is 30.3 Å². The van der Waals surface area contributed by atoms with Crippen LogP contribution in [0.2, 0.25) is 0 Å². The first-order valence-corrected chi connectivity index (χ1v) is 5.89. The van der Waals surface area contributed by atoms with E-state index in [0.29, 0.717) is 0 Å². The molecule has 7 nitrogen and oxygen atoms in total. The van der Waals surface area contributed by atoms with Gasteiger partial charge in [-0.3, -0.25) is 0 Å². The van der Waals surface area contributed by atoms with Gasteiger partial charge < -0.3 is 24.7 Å². The maximum absolute atomic E-state index is 11.4. The van der Waals surface area contributed by atoms with Gasteiger partial charge in [-0.05, 0) is 12.5 Å². The predicted molar refractivity (Wildman–Crippen MR) is 65.2 cm³/mol. The Kier molecular flexibility index (Phi) is 6.02. The minimum absolute atomic E-state index is 0.0106. The van der Waals surface area contributed by atoms with Crippen LogP contribution in [0.15, 0.2) is 30.3 Å². The molecule has 0 aliphatic rings. The molecule has 20 heavy (non-hydrogen) atoms. The van der Waals surface area contributed by atoms with E-state index in [2.05, 4.69) is 4.74 Å². The van der Waals surface area contributed by atoms with Crippen molar-refractivity contribution < 1.29 is 29.0 Å². The molecule has 1 aromatic carbocycles. The van der Waals surface area contributed by atoms with Crippen molar-refractivity contribution in [2.24, 2.45) is 0 Å². The summed E-state index contributed by atoms with van der Waals surface area (Å²) in [5, 5.41) is 12.6. The zero-order chi connectivity index (χ0) is 15.0. The Morgan fingerprint density at radius 2 is 1.85 bits per heavy atom. The molecule has 0 aliphatic carbocycles. The van der Waals surface area contributed by atoms with E-state index in [9.17, 15) is 19.5 Å². The number of esters is 1. The average molecular weight is 280 g/mol. The highest BCUT2D eigenvalue weighted by molar-refractivity contribution is 5.99. The molecule has 1 amide bonds. The quantitative estimate of drug-likeness (QED) is 0.561. The molecule has 108 valence electrons. The van der Waals surface area contributed by atoms with Gasteiger partial charge in [0.2, 0.25) is 0 Å². The van der Waals surface area contributed by atoms with E-state index < -0.39 is 24.1 Å². The second-order valence-corrected chi connectivity index (χ2v) is 3.71. The lowest BCUT2D eigenvalue weighted by atomic mass is 10.2. The maximum atomic E-state index is 11.4. The largest absolute Gasteiger partial charge is 0.547 e. The van der Waals surface area contributed by atoms with Crippen molar-refractivity contribution in [3.05, 3.63) is 35.9 Å². The van der Waals surface area contributed by atoms with E-state index in [1.807, 2.05) is 5.32 Å². The maximum Gasteiger partial charge on any atom is 0.408 e. The summed E-state index contributed by atoms with van der Waals surface area (Å²) < 4.78 is 9.29. The molecule has 1 rings (SSSR count). The Labute approximate surface area is 115 Å². The molecular formula is C13H14NO6-. The van der Waals surface area contributed by atoms with Crippen molar-refractivity contribution in [1.29, 1.82) is 0 Å². The highest BCUT2D eigenvalue weighted by atomic mass is 16.6. The summed E-state index contributed by atoms with van der Waals surface area (Å²) >= 11 is 0. The van der Waals surface area contributed by atoms with Crippen LogP contribution in [0.3, 0.4) is 0 Å². The minimum atomic E-state index is -1.89. The van der Waals surface area contributed by atoms with Crippen molar-refractivity contribution >= 4 is 18.0 Å². The molecule has 1 aromatic rings. The Morgan fingerprint density at radius 1 is 1.20 bits per heavy atom. The van der Waals surface area contributed by atoms with Crippen LogP contribution in [0.4, 0.5) is 4.79 Å². The Bertz CT molecular complexity index is 473. The molecule has 1 atom stereocenters. The van der Waals surface area contributed by atoms with E-state index >= 15 is 0 Å². The zero-order valence-corrected chi connectivity index (χ0v) is 10.8. The summed E-state index contributed by atoms with van der Waals surface area (Å²) in [6.07, 6.45) is -1.05. The molecule has 0 spiro atoms. The van der Waals surface area contributed by atoms with Crippen molar-refractivity contribution in [2.75, 3.05) is 6.61 Å². The zero-order valence-electron chi connectivity index (χ0n) is 10.8. The SMILES string of the molecule is CCOC(=O)C(NC(=O)OCc1ccccc1)C(=O)[O-]. The number of benzene rings is 1. The van der Waals surface area contributed by atoms with Gasteiger partial charge in [0.1, 0.15) is 6.61 Å². The molecule has 0 radical (unpaired) electrons. The molecule has 1 N–H and O–H groups in total. The molecule has 0 saturated heterocycles. The molecule has 0 aliphatic heterocycles.